The van der Waals surface area contributed by atoms with Gasteiger partial charge in [-0.2, -0.15) is 0 Å². The molecule has 0 saturated heterocycles. The minimum Gasteiger partial charge on any atom is -0.465 e. The number of aromatic nitrogens is 2. The van der Waals surface area contributed by atoms with Crippen molar-refractivity contribution in [2.45, 2.75) is 58.5 Å². The van der Waals surface area contributed by atoms with E-state index in [0.29, 0.717) is 12.2 Å². The van der Waals surface area contributed by atoms with Gasteiger partial charge >= 0.3 is 5.97 Å². The van der Waals surface area contributed by atoms with Crippen molar-refractivity contribution in [1.29, 1.82) is 0 Å². The second-order valence-electron chi connectivity index (χ2n) is 8.46. The van der Waals surface area contributed by atoms with Crippen molar-refractivity contribution >= 4 is 17.7 Å². The van der Waals surface area contributed by atoms with E-state index in [-0.39, 0.29) is 17.4 Å². The third-order valence-electron chi connectivity index (χ3n) is 5.68. The molecule has 1 aromatic carbocycles. The van der Waals surface area contributed by atoms with E-state index in [1.54, 1.807) is 29.6 Å². The first-order valence-electron chi connectivity index (χ1n) is 10.7. The molecule has 0 saturated carbocycles. The summed E-state index contributed by atoms with van der Waals surface area (Å²) in [5.74, 6) is 1.05. The van der Waals surface area contributed by atoms with Crippen LogP contribution in [0.15, 0.2) is 46.5 Å². The SMILES string of the molecule is CC(C)C(C)(C)C(=O)OCCCCCCSc1ncc(-c2ccccc2)c(=O)n1C. The normalized spacial score (nSPS) is 11.7. The van der Waals surface area contributed by atoms with Crippen LogP contribution < -0.4 is 5.56 Å². The summed E-state index contributed by atoms with van der Waals surface area (Å²) in [6.45, 7) is 8.44. The highest BCUT2D eigenvalue weighted by Gasteiger charge is 2.32. The molecular formula is C24H34N2O3S. The molecule has 0 fully saturated rings. The lowest BCUT2D eigenvalue weighted by Gasteiger charge is -2.26. The van der Waals surface area contributed by atoms with Gasteiger partial charge in [0.1, 0.15) is 0 Å². The van der Waals surface area contributed by atoms with Gasteiger partial charge in [0.2, 0.25) is 0 Å². The lowest BCUT2D eigenvalue weighted by molar-refractivity contribution is -0.156. The maximum absolute atomic E-state index is 12.6. The molecule has 1 heterocycles. The number of hydrogen-bond acceptors (Lipinski definition) is 5. The predicted molar refractivity (Wildman–Crippen MR) is 124 cm³/mol. The van der Waals surface area contributed by atoms with Crippen LogP contribution in [0.2, 0.25) is 0 Å². The molecule has 0 N–H and O–H groups in total. The Morgan fingerprint density at radius 3 is 2.47 bits per heavy atom. The van der Waals surface area contributed by atoms with Gasteiger partial charge in [-0.05, 0) is 38.2 Å². The number of ether oxygens (including phenoxy) is 1. The Labute approximate surface area is 184 Å². The summed E-state index contributed by atoms with van der Waals surface area (Å²) in [6, 6.07) is 9.62. The molecule has 2 rings (SSSR count). The van der Waals surface area contributed by atoms with Gasteiger partial charge < -0.3 is 4.74 Å². The summed E-state index contributed by atoms with van der Waals surface area (Å²) in [6.07, 6.45) is 5.68. The smallest absolute Gasteiger partial charge is 0.311 e. The highest BCUT2D eigenvalue weighted by atomic mass is 32.2. The second kappa shape index (κ2) is 11.3. The first-order valence-corrected chi connectivity index (χ1v) is 11.6. The van der Waals surface area contributed by atoms with Crippen LogP contribution in [-0.4, -0.2) is 27.9 Å². The van der Waals surface area contributed by atoms with Crippen LogP contribution in [0.25, 0.3) is 11.1 Å². The van der Waals surface area contributed by atoms with Gasteiger partial charge in [-0.3, -0.25) is 14.2 Å². The lowest BCUT2D eigenvalue weighted by Crippen LogP contribution is -2.32. The number of rotatable bonds is 11. The van der Waals surface area contributed by atoms with Crippen molar-refractivity contribution in [2.24, 2.45) is 18.4 Å². The van der Waals surface area contributed by atoms with E-state index in [2.05, 4.69) is 4.98 Å². The van der Waals surface area contributed by atoms with Gasteiger partial charge in [0, 0.05) is 19.0 Å². The van der Waals surface area contributed by atoms with Gasteiger partial charge in [0.05, 0.1) is 17.6 Å². The molecule has 0 aliphatic heterocycles. The molecular weight excluding hydrogens is 396 g/mol. The molecule has 0 spiro atoms. The number of benzene rings is 1. The number of carbonyl (C=O) groups is 1. The number of hydrogen-bond donors (Lipinski definition) is 0. The van der Waals surface area contributed by atoms with Gasteiger partial charge in [-0.15, -0.1) is 0 Å². The van der Waals surface area contributed by atoms with Crippen LogP contribution in [0.3, 0.4) is 0 Å². The predicted octanol–water partition coefficient (Wildman–Crippen LogP) is 5.33. The van der Waals surface area contributed by atoms with Gasteiger partial charge in [0.25, 0.3) is 5.56 Å². The van der Waals surface area contributed by atoms with Crippen LogP contribution in [0.4, 0.5) is 0 Å². The monoisotopic (exact) mass is 430 g/mol. The Hall–Kier alpha value is -2.08. The Morgan fingerprint density at radius 1 is 1.13 bits per heavy atom. The van der Waals surface area contributed by atoms with E-state index in [4.69, 9.17) is 4.74 Å². The van der Waals surface area contributed by atoms with Gasteiger partial charge in [-0.1, -0.05) is 68.8 Å². The summed E-state index contributed by atoms with van der Waals surface area (Å²) >= 11 is 1.61. The molecule has 6 heteroatoms. The molecule has 0 bridgehead atoms. The van der Waals surface area contributed by atoms with Crippen LogP contribution in [0.5, 0.6) is 0 Å². The van der Waals surface area contributed by atoms with Crippen molar-refractivity contribution < 1.29 is 9.53 Å². The minimum atomic E-state index is -0.435. The molecule has 0 aliphatic rings. The maximum Gasteiger partial charge on any atom is 0.311 e. The molecule has 5 nitrogen and oxygen atoms in total. The highest BCUT2D eigenvalue weighted by molar-refractivity contribution is 7.99. The van der Waals surface area contributed by atoms with E-state index in [0.717, 1.165) is 42.2 Å². The Balaban J connectivity index is 1.70. The van der Waals surface area contributed by atoms with E-state index in [9.17, 15) is 9.59 Å². The topological polar surface area (TPSA) is 61.2 Å². The summed E-state index contributed by atoms with van der Waals surface area (Å²) in [5, 5.41) is 0.740. The Morgan fingerprint density at radius 2 is 1.80 bits per heavy atom. The van der Waals surface area contributed by atoms with Gasteiger partial charge in [-0.25, -0.2) is 4.98 Å². The molecule has 30 heavy (non-hydrogen) atoms. The summed E-state index contributed by atoms with van der Waals surface area (Å²) in [4.78, 5) is 29.2. The zero-order valence-corrected chi connectivity index (χ0v) is 19.6. The molecule has 164 valence electrons. The van der Waals surface area contributed by atoms with Crippen LogP contribution in [0.1, 0.15) is 53.4 Å². The fraction of sp³-hybridized carbons (Fsp3) is 0.542. The second-order valence-corrected chi connectivity index (χ2v) is 9.52. The molecule has 0 atom stereocenters. The first kappa shape index (κ1) is 24.2. The van der Waals surface area contributed by atoms with Crippen LogP contribution in [0, 0.1) is 11.3 Å². The number of thioether (sulfide) groups is 1. The van der Waals surface area contributed by atoms with E-state index in [1.807, 2.05) is 58.0 Å². The van der Waals surface area contributed by atoms with Crippen LogP contribution in [-0.2, 0) is 16.6 Å². The molecule has 0 radical (unpaired) electrons. The number of carbonyl (C=O) groups excluding carboxylic acids is 1. The third-order valence-corrected chi connectivity index (χ3v) is 6.81. The number of nitrogens with zero attached hydrogens (tertiary/aromatic N) is 2. The molecule has 2 aromatic rings. The molecule has 0 aliphatic carbocycles. The Bertz CT molecular complexity index is 876. The minimum absolute atomic E-state index is 0.0233. The van der Waals surface area contributed by atoms with Crippen molar-refractivity contribution in [3.05, 3.63) is 46.9 Å². The first-order chi connectivity index (χ1) is 14.2. The fourth-order valence-electron chi connectivity index (χ4n) is 2.79. The van der Waals surface area contributed by atoms with E-state index >= 15 is 0 Å². The fourth-order valence-corrected chi connectivity index (χ4v) is 3.72. The standard InChI is InChI=1S/C24H34N2O3S/c1-18(2)24(3,4)22(28)29-15-11-6-7-12-16-30-23-25-17-20(21(27)26(23)5)19-13-9-8-10-14-19/h8-10,13-14,17-18H,6-7,11-12,15-16H2,1-5H3. The largest absolute Gasteiger partial charge is 0.465 e. The number of esters is 1. The van der Waals surface area contributed by atoms with Crippen molar-refractivity contribution in [3.63, 3.8) is 0 Å². The quantitative estimate of drug-likeness (QED) is 0.209. The Kier molecular flexibility index (Phi) is 9.15. The molecule has 0 amide bonds. The van der Waals surface area contributed by atoms with Crippen molar-refractivity contribution in [1.82, 2.24) is 9.55 Å². The number of unbranched alkanes of at least 4 members (excludes halogenated alkanes) is 3. The van der Waals surface area contributed by atoms with E-state index < -0.39 is 5.41 Å². The zero-order valence-electron chi connectivity index (χ0n) is 18.8. The third kappa shape index (κ3) is 6.46. The average Bonchev–Trinajstić information content (AvgIpc) is 2.73. The lowest BCUT2D eigenvalue weighted by atomic mass is 9.81. The molecule has 1 aromatic heterocycles. The average molecular weight is 431 g/mol. The van der Waals surface area contributed by atoms with Crippen molar-refractivity contribution in [3.8, 4) is 11.1 Å². The summed E-state index contributed by atoms with van der Waals surface area (Å²) < 4.78 is 7.06. The maximum atomic E-state index is 12.6. The van der Waals surface area contributed by atoms with E-state index in [1.165, 1.54) is 0 Å². The van der Waals surface area contributed by atoms with Crippen LogP contribution >= 0.6 is 11.8 Å². The molecule has 0 unspecified atom stereocenters. The van der Waals surface area contributed by atoms with Gasteiger partial charge in [0.15, 0.2) is 5.16 Å². The van der Waals surface area contributed by atoms with Crippen molar-refractivity contribution in [2.75, 3.05) is 12.4 Å². The summed E-state index contributed by atoms with van der Waals surface area (Å²) in [5.41, 5.74) is 1.05. The zero-order chi connectivity index (χ0) is 22.1. The highest BCUT2D eigenvalue weighted by Crippen LogP contribution is 2.27. The summed E-state index contributed by atoms with van der Waals surface area (Å²) in [7, 11) is 1.77.